The molecule has 0 bridgehead atoms. The molecule has 0 aromatic carbocycles. The summed E-state index contributed by atoms with van der Waals surface area (Å²) in [4.78, 5) is 0. The van der Waals surface area contributed by atoms with Gasteiger partial charge in [0.1, 0.15) is 0 Å². The second-order valence-corrected chi connectivity index (χ2v) is 4.09. The maximum Gasteiger partial charge on any atom is 0.0375 e. The molecule has 0 aliphatic heterocycles. The number of hydrogen-bond acceptors (Lipinski definition) is 2. The molecule has 0 unspecified atom stereocenters. The van der Waals surface area contributed by atoms with Crippen molar-refractivity contribution in [2.24, 2.45) is 10.4 Å². The van der Waals surface area contributed by atoms with Crippen LogP contribution in [0.3, 0.4) is 0 Å². The summed E-state index contributed by atoms with van der Waals surface area (Å²) in [6.07, 6.45) is 4.50. The molecule has 0 aromatic heterocycles. The Morgan fingerprint density at radius 2 is 0.812 bits per heavy atom. The molecular formula is C12H28N4. The van der Waals surface area contributed by atoms with Gasteiger partial charge in [-0.25, -0.2) is 0 Å². The monoisotopic (exact) mass is 228 g/mol. The van der Waals surface area contributed by atoms with Crippen LogP contribution in [0.15, 0.2) is 10.4 Å². The van der Waals surface area contributed by atoms with E-state index in [-0.39, 0.29) is 0 Å². The molecule has 0 N–H and O–H groups in total. The number of hydrogen-bond donors (Lipinski definition) is 0. The van der Waals surface area contributed by atoms with Gasteiger partial charge in [-0.3, -0.25) is 10.0 Å². The van der Waals surface area contributed by atoms with E-state index in [9.17, 15) is 0 Å². The summed E-state index contributed by atoms with van der Waals surface area (Å²) in [5.74, 6) is 0. The molecule has 4 nitrogen and oxygen atoms in total. The average molecular weight is 228 g/mol. The van der Waals surface area contributed by atoms with E-state index in [0.717, 1.165) is 51.9 Å². The van der Waals surface area contributed by atoms with Crippen molar-refractivity contribution < 1.29 is 0 Å². The first-order valence-corrected chi connectivity index (χ1v) is 6.69. The lowest BCUT2D eigenvalue weighted by Gasteiger charge is -2.19. The first kappa shape index (κ1) is 15.2. The van der Waals surface area contributed by atoms with Crippen molar-refractivity contribution in [3.05, 3.63) is 0 Å². The predicted octanol–water partition coefficient (Wildman–Crippen LogP) is 3.51. The third kappa shape index (κ3) is 7.49. The van der Waals surface area contributed by atoms with Crippen molar-refractivity contribution in [2.45, 2.75) is 53.4 Å². The second kappa shape index (κ2) is 10.7. The predicted molar refractivity (Wildman–Crippen MR) is 69.2 cm³/mol. The van der Waals surface area contributed by atoms with Crippen LogP contribution in [0.4, 0.5) is 0 Å². The Balaban J connectivity index is 4.12. The molecular weight excluding hydrogens is 200 g/mol. The van der Waals surface area contributed by atoms with Crippen LogP contribution < -0.4 is 0 Å². The van der Waals surface area contributed by atoms with Gasteiger partial charge in [0.2, 0.25) is 0 Å². The summed E-state index contributed by atoms with van der Waals surface area (Å²) >= 11 is 0. The van der Waals surface area contributed by atoms with Crippen LogP contribution in [-0.4, -0.2) is 36.2 Å². The second-order valence-electron chi connectivity index (χ2n) is 4.09. The third-order valence-electron chi connectivity index (χ3n) is 2.22. The summed E-state index contributed by atoms with van der Waals surface area (Å²) in [6, 6.07) is 0. The molecule has 96 valence electrons. The highest BCUT2D eigenvalue weighted by atomic mass is 15.7. The first-order valence-electron chi connectivity index (χ1n) is 6.69. The highest BCUT2D eigenvalue weighted by Gasteiger charge is 2.01. The van der Waals surface area contributed by atoms with Crippen LogP contribution in [0, 0.1) is 0 Å². The van der Waals surface area contributed by atoms with Gasteiger partial charge in [0, 0.05) is 26.2 Å². The minimum atomic E-state index is 1.00. The fourth-order valence-electron chi connectivity index (χ4n) is 1.55. The molecule has 4 heteroatoms. The molecule has 0 atom stereocenters. The van der Waals surface area contributed by atoms with E-state index >= 15 is 0 Å². The van der Waals surface area contributed by atoms with E-state index in [1.165, 1.54) is 0 Å². The minimum absolute atomic E-state index is 1.00. The fourth-order valence-corrected chi connectivity index (χ4v) is 1.55. The van der Waals surface area contributed by atoms with Gasteiger partial charge in [-0.2, -0.15) is 0 Å². The van der Waals surface area contributed by atoms with Crippen molar-refractivity contribution in [3.63, 3.8) is 0 Å². The molecule has 0 heterocycles. The lowest BCUT2D eigenvalue weighted by Crippen LogP contribution is -2.23. The lowest BCUT2D eigenvalue weighted by atomic mass is 10.4. The van der Waals surface area contributed by atoms with Gasteiger partial charge in [-0.05, 0) is 25.7 Å². The van der Waals surface area contributed by atoms with Crippen molar-refractivity contribution in [3.8, 4) is 0 Å². The normalized spacial score (nSPS) is 11.0. The Morgan fingerprint density at radius 1 is 0.562 bits per heavy atom. The maximum absolute atomic E-state index is 4.32. The zero-order valence-corrected chi connectivity index (χ0v) is 11.4. The molecule has 16 heavy (non-hydrogen) atoms. The van der Waals surface area contributed by atoms with Gasteiger partial charge < -0.3 is 0 Å². The highest BCUT2D eigenvalue weighted by molar-refractivity contribution is 4.49. The van der Waals surface area contributed by atoms with Gasteiger partial charge in [0.05, 0.1) is 0 Å². The summed E-state index contributed by atoms with van der Waals surface area (Å²) in [5, 5.41) is 12.8. The lowest BCUT2D eigenvalue weighted by molar-refractivity contribution is 0.196. The Labute approximate surface area is 101 Å². The molecule has 0 amide bonds. The van der Waals surface area contributed by atoms with Crippen molar-refractivity contribution >= 4 is 0 Å². The zero-order valence-electron chi connectivity index (χ0n) is 11.4. The molecule has 0 spiro atoms. The van der Waals surface area contributed by atoms with E-state index in [1.54, 1.807) is 0 Å². The van der Waals surface area contributed by atoms with Gasteiger partial charge >= 0.3 is 0 Å². The Kier molecular flexibility index (Phi) is 10.2. The van der Waals surface area contributed by atoms with E-state index in [1.807, 2.05) is 0 Å². The van der Waals surface area contributed by atoms with Crippen molar-refractivity contribution in [2.75, 3.05) is 26.2 Å². The molecule has 0 aliphatic rings. The zero-order chi connectivity index (χ0) is 12.2. The van der Waals surface area contributed by atoms with Crippen LogP contribution in [0.25, 0.3) is 0 Å². The first-order chi connectivity index (χ1) is 7.78. The summed E-state index contributed by atoms with van der Waals surface area (Å²) < 4.78 is 0. The molecule has 0 saturated carbocycles. The van der Waals surface area contributed by atoms with Crippen LogP contribution in [0.5, 0.6) is 0 Å². The van der Waals surface area contributed by atoms with Gasteiger partial charge in [-0.15, -0.1) is 0 Å². The Bertz CT molecular complexity index is 140. The fraction of sp³-hybridized carbons (Fsp3) is 1.00. The topological polar surface area (TPSA) is 31.2 Å². The SMILES string of the molecule is CCCN(CCC)N=NN(CCC)CCC. The average Bonchev–Trinajstić information content (AvgIpc) is 2.27. The van der Waals surface area contributed by atoms with Crippen LogP contribution in [0.2, 0.25) is 0 Å². The quantitative estimate of drug-likeness (QED) is 0.423. The van der Waals surface area contributed by atoms with Crippen LogP contribution in [-0.2, 0) is 0 Å². The Morgan fingerprint density at radius 3 is 1.00 bits per heavy atom. The number of rotatable bonds is 10. The van der Waals surface area contributed by atoms with Gasteiger partial charge in [-0.1, -0.05) is 38.1 Å². The molecule has 0 rings (SSSR count). The summed E-state index contributed by atoms with van der Waals surface area (Å²) in [5.41, 5.74) is 0. The van der Waals surface area contributed by atoms with Crippen molar-refractivity contribution in [1.82, 2.24) is 10.0 Å². The Hall–Kier alpha value is -0.800. The third-order valence-corrected chi connectivity index (χ3v) is 2.22. The molecule has 0 aliphatic carbocycles. The van der Waals surface area contributed by atoms with Gasteiger partial charge in [0.25, 0.3) is 0 Å². The summed E-state index contributed by atoms with van der Waals surface area (Å²) in [6.45, 7) is 12.7. The minimum Gasteiger partial charge on any atom is -0.277 e. The van der Waals surface area contributed by atoms with Crippen LogP contribution >= 0.6 is 0 Å². The van der Waals surface area contributed by atoms with Crippen LogP contribution in [0.1, 0.15) is 53.4 Å². The highest BCUT2D eigenvalue weighted by Crippen LogP contribution is 2.00. The molecule has 0 fully saturated rings. The van der Waals surface area contributed by atoms with Gasteiger partial charge in [0.15, 0.2) is 0 Å². The maximum atomic E-state index is 4.32. The van der Waals surface area contributed by atoms with Crippen molar-refractivity contribution in [1.29, 1.82) is 0 Å². The van der Waals surface area contributed by atoms with E-state index < -0.39 is 0 Å². The smallest absolute Gasteiger partial charge is 0.0375 e. The largest absolute Gasteiger partial charge is 0.277 e. The molecule has 0 radical (unpaired) electrons. The van der Waals surface area contributed by atoms with E-state index in [0.29, 0.717) is 0 Å². The molecule has 0 saturated heterocycles. The number of nitrogens with zero attached hydrogens (tertiary/aromatic N) is 4. The standard InChI is InChI=1S/C12H28N4/c1-5-9-15(10-6-2)13-14-16(11-7-3)12-8-4/h5-12H2,1-4H3. The summed E-state index contributed by atoms with van der Waals surface area (Å²) in [7, 11) is 0. The van der Waals surface area contributed by atoms with E-state index in [4.69, 9.17) is 0 Å². The molecule has 0 aromatic rings. The van der Waals surface area contributed by atoms with E-state index in [2.05, 4.69) is 48.2 Å².